The highest BCUT2D eigenvalue weighted by molar-refractivity contribution is 7.80. The van der Waals surface area contributed by atoms with E-state index in [9.17, 15) is 28.8 Å². The number of H-pyrrole nitrogens is 1. The number of nitrogens with one attached hydrogen (secondary N) is 4. The number of primary amides is 2. The second kappa shape index (κ2) is 13.8. The van der Waals surface area contributed by atoms with E-state index in [2.05, 4.69) is 38.5 Å². The van der Waals surface area contributed by atoms with Gasteiger partial charge >= 0.3 is 5.97 Å². The molecule has 0 aromatic carbocycles. The van der Waals surface area contributed by atoms with Crippen LogP contribution in [0.1, 0.15) is 25.0 Å². The average Bonchev–Trinajstić information content (AvgIpc) is 3.27. The summed E-state index contributed by atoms with van der Waals surface area (Å²) in [6.07, 6.45) is 1.89. The Morgan fingerprint density at radius 2 is 1.56 bits per heavy atom. The van der Waals surface area contributed by atoms with Crippen molar-refractivity contribution in [2.24, 2.45) is 17.2 Å². The van der Waals surface area contributed by atoms with Gasteiger partial charge in [0.1, 0.15) is 18.1 Å². The van der Waals surface area contributed by atoms with Crippen molar-refractivity contribution in [1.82, 2.24) is 25.9 Å². The first-order chi connectivity index (χ1) is 15.9. The number of rotatable bonds is 15. The number of aromatic amines is 1. The fraction of sp³-hybridized carbons (Fsp3) is 0.500. The number of carboxylic acid groups (broad SMARTS) is 1. The number of carboxylic acids is 1. The van der Waals surface area contributed by atoms with Crippen LogP contribution in [0.15, 0.2) is 12.5 Å². The topological polar surface area (TPSA) is 265 Å². The Morgan fingerprint density at radius 1 is 0.971 bits per heavy atom. The largest absolute Gasteiger partial charge is 0.480 e. The standard InChI is InChI=1S/C18H28N8O7S/c19-9(1-2-13(20)27)15(29)24-10(3-8-5-22-7-23-8)16(30)26-12(6-34)17(31)25-11(18(32)33)4-14(21)28/h5,7,9-12,34H,1-4,6,19H2,(H2,20,27)(H2,21,28)(H,22,23)(H,24,29)(H,25,31)(H,26,30)(H,32,33). The Balaban J connectivity index is 2.92. The molecule has 15 nitrogen and oxygen atoms in total. The molecule has 0 aliphatic rings. The van der Waals surface area contributed by atoms with Crippen molar-refractivity contribution in [1.29, 1.82) is 0 Å². The van der Waals surface area contributed by atoms with E-state index < -0.39 is 66.1 Å². The van der Waals surface area contributed by atoms with Crippen molar-refractivity contribution in [3.8, 4) is 0 Å². The first-order valence-corrected chi connectivity index (χ1v) is 10.6. The molecular formula is C18H28N8O7S. The minimum absolute atomic E-state index is 0.0440. The van der Waals surface area contributed by atoms with E-state index in [0.29, 0.717) is 5.69 Å². The number of carbonyl (C=O) groups is 6. The lowest BCUT2D eigenvalue weighted by Gasteiger charge is -2.24. The second-order valence-corrected chi connectivity index (χ2v) is 7.63. The van der Waals surface area contributed by atoms with E-state index in [1.165, 1.54) is 12.5 Å². The number of hydrogen-bond donors (Lipinski definition) is 9. The fourth-order valence-corrected chi connectivity index (χ4v) is 2.93. The van der Waals surface area contributed by atoms with E-state index in [1.807, 2.05) is 0 Å². The van der Waals surface area contributed by atoms with Crippen molar-refractivity contribution in [2.45, 2.75) is 49.9 Å². The molecular weight excluding hydrogens is 472 g/mol. The smallest absolute Gasteiger partial charge is 0.326 e. The van der Waals surface area contributed by atoms with Gasteiger partial charge in [-0.2, -0.15) is 12.6 Å². The van der Waals surface area contributed by atoms with Gasteiger partial charge in [-0.1, -0.05) is 0 Å². The lowest BCUT2D eigenvalue weighted by atomic mass is 10.1. The van der Waals surface area contributed by atoms with Gasteiger partial charge in [-0.3, -0.25) is 24.0 Å². The van der Waals surface area contributed by atoms with Crippen LogP contribution in [-0.4, -0.2) is 80.5 Å². The molecule has 34 heavy (non-hydrogen) atoms. The minimum atomic E-state index is -1.60. The first kappa shape index (κ1) is 28.4. The van der Waals surface area contributed by atoms with Crippen LogP contribution in [0.2, 0.25) is 0 Å². The number of thiol groups is 1. The molecule has 4 unspecified atom stereocenters. The van der Waals surface area contributed by atoms with Gasteiger partial charge in [0.05, 0.1) is 18.8 Å². The monoisotopic (exact) mass is 500 g/mol. The Morgan fingerprint density at radius 3 is 2.06 bits per heavy atom. The summed E-state index contributed by atoms with van der Waals surface area (Å²) < 4.78 is 0. The SMILES string of the molecule is NC(=O)CCC(N)C(=O)NC(Cc1cnc[nH]1)C(=O)NC(CS)C(=O)NC(CC(N)=O)C(=O)O. The van der Waals surface area contributed by atoms with Crippen LogP contribution in [0.25, 0.3) is 0 Å². The van der Waals surface area contributed by atoms with Crippen molar-refractivity contribution in [3.63, 3.8) is 0 Å². The molecule has 0 aliphatic carbocycles. The van der Waals surface area contributed by atoms with Crippen molar-refractivity contribution in [3.05, 3.63) is 18.2 Å². The summed E-state index contributed by atoms with van der Waals surface area (Å²) in [6.45, 7) is 0. The molecule has 0 aliphatic heterocycles. The van der Waals surface area contributed by atoms with Gasteiger partial charge in [0.25, 0.3) is 0 Å². The maximum Gasteiger partial charge on any atom is 0.326 e. The molecule has 16 heteroatoms. The summed E-state index contributed by atoms with van der Waals surface area (Å²) in [7, 11) is 0. The van der Waals surface area contributed by atoms with Gasteiger partial charge in [-0.25, -0.2) is 9.78 Å². The van der Waals surface area contributed by atoms with Crippen molar-refractivity contribution >= 4 is 48.1 Å². The van der Waals surface area contributed by atoms with Crippen molar-refractivity contribution in [2.75, 3.05) is 5.75 Å². The highest BCUT2D eigenvalue weighted by atomic mass is 32.1. The Hall–Kier alpha value is -3.66. The average molecular weight is 501 g/mol. The third-order valence-corrected chi connectivity index (χ3v) is 4.85. The Bertz CT molecular complexity index is 895. The third-order valence-electron chi connectivity index (χ3n) is 4.49. The highest BCUT2D eigenvalue weighted by Crippen LogP contribution is 2.03. The molecule has 5 amide bonds. The zero-order chi connectivity index (χ0) is 25.8. The Labute approximate surface area is 199 Å². The Kier molecular flexibility index (Phi) is 11.5. The summed E-state index contributed by atoms with van der Waals surface area (Å²) >= 11 is 4.00. The molecule has 0 radical (unpaired) electrons. The summed E-state index contributed by atoms with van der Waals surface area (Å²) in [5.41, 5.74) is 16.3. The quantitative estimate of drug-likeness (QED) is 0.106. The predicted molar refractivity (Wildman–Crippen MR) is 120 cm³/mol. The number of hydrogen-bond acceptors (Lipinski definition) is 9. The normalized spacial score (nSPS) is 14.2. The van der Waals surface area contributed by atoms with Gasteiger partial charge in [-0.05, 0) is 6.42 Å². The molecule has 0 spiro atoms. The zero-order valence-electron chi connectivity index (χ0n) is 18.0. The minimum Gasteiger partial charge on any atom is -0.480 e. The number of aliphatic carboxylic acids is 1. The molecule has 0 bridgehead atoms. The predicted octanol–water partition coefficient (Wildman–Crippen LogP) is -4.11. The van der Waals surface area contributed by atoms with E-state index in [-0.39, 0.29) is 25.0 Å². The molecule has 4 atom stereocenters. The summed E-state index contributed by atoms with van der Waals surface area (Å²) in [5, 5.41) is 16.1. The zero-order valence-corrected chi connectivity index (χ0v) is 18.9. The summed E-state index contributed by atoms with van der Waals surface area (Å²) in [6, 6.07) is -5.26. The van der Waals surface area contributed by atoms with Crippen LogP contribution >= 0.6 is 12.6 Å². The molecule has 0 fully saturated rings. The van der Waals surface area contributed by atoms with E-state index in [4.69, 9.17) is 22.3 Å². The first-order valence-electron chi connectivity index (χ1n) is 9.98. The molecule has 0 saturated heterocycles. The number of nitrogens with zero attached hydrogens (tertiary/aromatic N) is 1. The van der Waals surface area contributed by atoms with Crippen LogP contribution in [0.5, 0.6) is 0 Å². The lowest BCUT2D eigenvalue weighted by Crippen LogP contribution is -2.58. The molecule has 11 N–H and O–H groups in total. The molecule has 1 aromatic rings. The van der Waals surface area contributed by atoms with Crippen LogP contribution in [-0.2, 0) is 35.2 Å². The van der Waals surface area contributed by atoms with Crippen LogP contribution in [0.3, 0.4) is 0 Å². The van der Waals surface area contributed by atoms with E-state index in [1.54, 1.807) is 0 Å². The van der Waals surface area contributed by atoms with Gasteiger partial charge in [0, 0.05) is 30.5 Å². The number of aromatic nitrogens is 2. The third kappa shape index (κ3) is 9.86. The van der Waals surface area contributed by atoms with Gasteiger partial charge in [0.15, 0.2) is 0 Å². The van der Waals surface area contributed by atoms with Gasteiger partial charge in [0.2, 0.25) is 29.5 Å². The van der Waals surface area contributed by atoms with Crippen LogP contribution in [0, 0.1) is 0 Å². The highest BCUT2D eigenvalue weighted by Gasteiger charge is 2.30. The lowest BCUT2D eigenvalue weighted by molar-refractivity contribution is -0.143. The number of carbonyl (C=O) groups excluding carboxylic acids is 5. The fourth-order valence-electron chi connectivity index (χ4n) is 2.67. The number of imidazole rings is 1. The number of amides is 5. The molecule has 1 heterocycles. The van der Waals surface area contributed by atoms with Gasteiger partial charge < -0.3 is 43.2 Å². The van der Waals surface area contributed by atoms with E-state index in [0.717, 1.165) is 0 Å². The maximum atomic E-state index is 12.9. The van der Waals surface area contributed by atoms with Crippen LogP contribution in [0.4, 0.5) is 0 Å². The second-order valence-electron chi connectivity index (χ2n) is 7.27. The molecule has 1 aromatic heterocycles. The van der Waals surface area contributed by atoms with Crippen molar-refractivity contribution < 1.29 is 33.9 Å². The summed E-state index contributed by atoms with van der Waals surface area (Å²) in [5.74, 6) is -5.79. The molecule has 188 valence electrons. The van der Waals surface area contributed by atoms with E-state index >= 15 is 0 Å². The molecule has 1 rings (SSSR count). The number of nitrogens with two attached hydrogens (primary N) is 3. The maximum absolute atomic E-state index is 12.9. The van der Waals surface area contributed by atoms with Gasteiger partial charge in [-0.15, -0.1) is 0 Å². The van der Waals surface area contributed by atoms with Crippen LogP contribution < -0.4 is 33.2 Å². The molecule has 0 saturated carbocycles. The summed E-state index contributed by atoms with van der Waals surface area (Å²) in [4.78, 5) is 77.6.